The minimum absolute atomic E-state index is 0.152. The molecule has 0 saturated heterocycles. The highest BCUT2D eigenvalue weighted by Crippen LogP contribution is 2.40. The molecule has 1 aliphatic rings. The molecule has 1 aromatic rings. The second-order valence-corrected chi connectivity index (χ2v) is 4.08. The van der Waals surface area contributed by atoms with Crippen LogP contribution in [0.5, 0.6) is 0 Å². The summed E-state index contributed by atoms with van der Waals surface area (Å²) in [6, 6.07) is 10.2. The maximum atomic E-state index is 11.9. The average molecular weight is 188 g/mol. The van der Waals surface area contributed by atoms with Crippen molar-refractivity contribution in [3.05, 3.63) is 35.9 Å². The SMILES string of the molecule is CC[C@@]1(c2ccccc2)CCCC1=O. The van der Waals surface area contributed by atoms with E-state index in [9.17, 15) is 4.79 Å². The van der Waals surface area contributed by atoms with Crippen LogP contribution in [0.25, 0.3) is 0 Å². The molecule has 1 aliphatic carbocycles. The lowest BCUT2D eigenvalue weighted by atomic mass is 9.76. The van der Waals surface area contributed by atoms with E-state index in [0.29, 0.717) is 5.78 Å². The number of Topliss-reactive ketones (excluding diaryl/α,β-unsaturated/α-hetero) is 1. The number of hydrogen-bond donors (Lipinski definition) is 0. The molecule has 0 N–H and O–H groups in total. The van der Waals surface area contributed by atoms with Gasteiger partial charge in [0.25, 0.3) is 0 Å². The molecule has 0 spiro atoms. The highest BCUT2D eigenvalue weighted by molar-refractivity contribution is 5.92. The van der Waals surface area contributed by atoms with E-state index in [4.69, 9.17) is 0 Å². The van der Waals surface area contributed by atoms with Gasteiger partial charge in [-0.05, 0) is 24.8 Å². The first kappa shape index (κ1) is 9.45. The third-order valence-electron chi connectivity index (χ3n) is 3.47. The molecule has 1 fully saturated rings. The number of ketones is 1. The van der Waals surface area contributed by atoms with Gasteiger partial charge < -0.3 is 0 Å². The van der Waals surface area contributed by atoms with Crippen LogP contribution in [0, 0.1) is 0 Å². The van der Waals surface area contributed by atoms with Crippen LogP contribution >= 0.6 is 0 Å². The Morgan fingerprint density at radius 2 is 2.00 bits per heavy atom. The topological polar surface area (TPSA) is 17.1 Å². The molecule has 14 heavy (non-hydrogen) atoms. The van der Waals surface area contributed by atoms with E-state index in [-0.39, 0.29) is 5.41 Å². The van der Waals surface area contributed by atoms with Crippen LogP contribution in [0.15, 0.2) is 30.3 Å². The predicted molar refractivity (Wildman–Crippen MR) is 57.3 cm³/mol. The molecule has 0 bridgehead atoms. The van der Waals surface area contributed by atoms with Crippen LogP contribution in [0.1, 0.15) is 38.2 Å². The Balaban J connectivity index is 2.43. The van der Waals surface area contributed by atoms with Crippen molar-refractivity contribution in [1.82, 2.24) is 0 Å². The van der Waals surface area contributed by atoms with Crippen LogP contribution in [0.3, 0.4) is 0 Å². The van der Waals surface area contributed by atoms with Crippen molar-refractivity contribution in [3.8, 4) is 0 Å². The third-order valence-corrected chi connectivity index (χ3v) is 3.47. The zero-order valence-corrected chi connectivity index (χ0v) is 8.62. The Labute approximate surface area is 85.1 Å². The molecule has 74 valence electrons. The van der Waals surface area contributed by atoms with Crippen molar-refractivity contribution in [1.29, 1.82) is 0 Å². The highest BCUT2D eigenvalue weighted by Gasteiger charge is 2.41. The summed E-state index contributed by atoms with van der Waals surface area (Å²) in [6.07, 6.45) is 3.80. The van der Waals surface area contributed by atoms with Crippen LogP contribution < -0.4 is 0 Å². The van der Waals surface area contributed by atoms with Crippen molar-refractivity contribution in [2.45, 2.75) is 38.0 Å². The predicted octanol–water partition coefficient (Wildman–Crippen LogP) is 3.09. The summed E-state index contributed by atoms with van der Waals surface area (Å²) >= 11 is 0. The number of carbonyl (C=O) groups excluding carboxylic acids is 1. The van der Waals surface area contributed by atoms with Crippen molar-refractivity contribution in [2.24, 2.45) is 0 Å². The van der Waals surface area contributed by atoms with Gasteiger partial charge in [-0.3, -0.25) is 4.79 Å². The lowest BCUT2D eigenvalue weighted by Gasteiger charge is -2.26. The van der Waals surface area contributed by atoms with Crippen molar-refractivity contribution in [3.63, 3.8) is 0 Å². The van der Waals surface area contributed by atoms with Gasteiger partial charge in [0.1, 0.15) is 5.78 Å². The van der Waals surface area contributed by atoms with E-state index >= 15 is 0 Å². The fraction of sp³-hybridized carbons (Fsp3) is 0.462. The second kappa shape index (κ2) is 3.56. The van der Waals surface area contributed by atoms with E-state index in [1.807, 2.05) is 18.2 Å². The molecule has 0 aliphatic heterocycles. The molecular weight excluding hydrogens is 172 g/mol. The van der Waals surface area contributed by atoms with Gasteiger partial charge in [0.2, 0.25) is 0 Å². The Kier molecular flexibility index (Phi) is 2.40. The van der Waals surface area contributed by atoms with Crippen LogP contribution in [-0.2, 0) is 10.2 Å². The van der Waals surface area contributed by atoms with E-state index in [1.165, 1.54) is 5.56 Å². The highest BCUT2D eigenvalue weighted by atomic mass is 16.1. The maximum absolute atomic E-state index is 11.9. The summed E-state index contributed by atoms with van der Waals surface area (Å²) in [6.45, 7) is 2.12. The van der Waals surface area contributed by atoms with Gasteiger partial charge in [-0.15, -0.1) is 0 Å². The summed E-state index contributed by atoms with van der Waals surface area (Å²) in [5.41, 5.74) is 1.06. The number of benzene rings is 1. The molecule has 1 nitrogen and oxygen atoms in total. The normalized spacial score (nSPS) is 26.8. The van der Waals surface area contributed by atoms with Crippen molar-refractivity contribution >= 4 is 5.78 Å². The first-order valence-electron chi connectivity index (χ1n) is 5.38. The lowest BCUT2D eigenvalue weighted by Crippen LogP contribution is -2.29. The van der Waals surface area contributed by atoms with E-state index in [2.05, 4.69) is 19.1 Å². The molecule has 1 saturated carbocycles. The zero-order chi connectivity index (χ0) is 10.0. The standard InChI is InChI=1S/C13H16O/c1-2-13(10-6-9-12(13)14)11-7-4-3-5-8-11/h3-5,7-8H,2,6,9-10H2,1H3/t13-/m0/s1. The Morgan fingerprint density at radius 3 is 2.50 bits per heavy atom. The van der Waals surface area contributed by atoms with Gasteiger partial charge in [-0.2, -0.15) is 0 Å². The summed E-state index contributed by atoms with van der Waals surface area (Å²) in [4.78, 5) is 11.9. The average Bonchev–Trinajstić information content (AvgIpc) is 2.62. The molecule has 0 unspecified atom stereocenters. The molecule has 1 atom stereocenters. The Hall–Kier alpha value is -1.11. The quantitative estimate of drug-likeness (QED) is 0.697. The molecule has 0 heterocycles. The molecule has 0 amide bonds. The van der Waals surface area contributed by atoms with Gasteiger partial charge in [0.15, 0.2) is 0 Å². The molecule has 0 radical (unpaired) electrons. The smallest absolute Gasteiger partial charge is 0.143 e. The minimum atomic E-state index is -0.152. The second-order valence-electron chi connectivity index (χ2n) is 4.08. The third kappa shape index (κ3) is 1.28. The fourth-order valence-corrected chi connectivity index (χ4v) is 2.57. The summed E-state index contributed by atoms with van der Waals surface area (Å²) in [5.74, 6) is 0.436. The zero-order valence-electron chi connectivity index (χ0n) is 8.62. The number of carbonyl (C=O) groups is 1. The van der Waals surface area contributed by atoms with E-state index in [0.717, 1.165) is 25.7 Å². The largest absolute Gasteiger partial charge is 0.299 e. The minimum Gasteiger partial charge on any atom is -0.299 e. The monoisotopic (exact) mass is 188 g/mol. The lowest BCUT2D eigenvalue weighted by molar-refractivity contribution is -0.122. The van der Waals surface area contributed by atoms with Gasteiger partial charge in [-0.1, -0.05) is 37.3 Å². The number of rotatable bonds is 2. The maximum Gasteiger partial charge on any atom is 0.143 e. The molecule has 0 aromatic heterocycles. The van der Waals surface area contributed by atoms with Crippen LogP contribution in [0.4, 0.5) is 0 Å². The first-order valence-corrected chi connectivity index (χ1v) is 5.38. The van der Waals surface area contributed by atoms with Crippen molar-refractivity contribution < 1.29 is 4.79 Å². The van der Waals surface area contributed by atoms with Gasteiger partial charge >= 0.3 is 0 Å². The summed E-state index contributed by atoms with van der Waals surface area (Å²) in [5, 5.41) is 0. The van der Waals surface area contributed by atoms with Crippen LogP contribution in [0.2, 0.25) is 0 Å². The Bertz CT molecular complexity index is 328. The van der Waals surface area contributed by atoms with E-state index in [1.54, 1.807) is 0 Å². The Morgan fingerprint density at radius 1 is 1.29 bits per heavy atom. The first-order chi connectivity index (χ1) is 6.79. The van der Waals surface area contributed by atoms with Gasteiger partial charge in [0.05, 0.1) is 5.41 Å². The van der Waals surface area contributed by atoms with Gasteiger partial charge in [-0.25, -0.2) is 0 Å². The van der Waals surface area contributed by atoms with Crippen molar-refractivity contribution in [2.75, 3.05) is 0 Å². The molecule has 1 aromatic carbocycles. The number of hydrogen-bond acceptors (Lipinski definition) is 1. The van der Waals surface area contributed by atoms with Gasteiger partial charge in [0, 0.05) is 6.42 Å². The summed E-state index contributed by atoms with van der Waals surface area (Å²) < 4.78 is 0. The van der Waals surface area contributed by atoms with E-state index < -0.39 is 0 Å². The fourth-order valence-electron chi connectivity index (χ4n) is 2.57. The van der Waals surface area contributed by atoms with Crippen LogP contribution in [-0.4, -0.2) is 5.78 Å². The molecule has 1 heteroatoms. The molecule has 2 rings (SSSR count). The molecular formula is C13H16O. The summed E-state index contributed by atoms with van der Waals surface area (Å²) in [7, 11) is 0.